The summed E-state index contributed by atoms with van der Waals surface area (Å²) < 4.78 is 1.71. The maximum absolute atomic E-state index is 11.2. The highest BCUT2D eigenvalue weighted by Crippen LogP contribution is 2.32. The lowest BCUT2D eigenvalue weighted by Crippen LogP contribution is -2.56. The molecule has 1 fully saturated rings. The molecule has 17 heavy (non-hydrogen) atoms. The number of nitrogens with one attached hydrogen (secondary N) is 1. The first-order valence-corrected chi connectivity index (χ1v) is 5.91. The van der Waals surface area contributed by atoms with E-state index in [4.69, 9.17) is 5.11 Å². The van der Waals surface area contributed by atoms with Crippen molar-refractivity contribution in [2.75, 3.05) is 0 Å². The summed E-state index contributed by atoms with van der Waals surface area (Å²) in [5.41, 5.74) is -0.761. The molecule has 1 aliphatic carbocycles. The number of carboxylic acids is 1. The van der Waals surface area contributed by atoms with Gasteiger partial charge in [0.1, 0.15) is 5.54 Å². The predicted molar refractivity (Wildman–Crippen MR) is 59.2 cm³/mol. The van der Waals surface area contributed by atoms with Gasteiger partial charge in [-0.05, 0) is 36.1 Å². The van der Waals surface area contributed by atoms with Crippen LogP contribution in [0, 0.1) is 0 Å². The van der Waals surface area contributed by atoms with Gasteiger partial charge in [-0.2, -0.15) is 0 Å². The smallest absolute Gasteiger partial charge is 0.323 e. The Bertz CT molecular complexity index is 399. The third-order valence-electron chi connectivity index (χ3n) is 3.24. The summed E-state index contributed by atoms with van der Waals surface area (Å²) in [6.07, 6.45) is 3.26. The molecule has 1 saturated carbocycles. The number of carboxylic acid groups (broad SMARTS) is 1. The number of hydrogen-bond acceptors (Lipinski definition) is 5. The molecule has 7 nitrogen and oxygen atoms in total. The van der Waals surface area contributed by atoms with E-state index in [9.17, 15) is 4.79 Å². The summed E-state index contributed by atoms with van der Waals surface area (Å²) in [6, 6.07) is 0. The highest BCUT2D eigenvalue weighted by atomic mass is 16.4. The number of nitrogens with zero attached hydrogens (tertiary/aromatic N) is 4. The first kappa shape index (κ1) is 12.0. The Morgan fingerprint density at radius 3 is 2.88 bits per heavy atom. The number of aryl methyl sites for hydroxylation is 1. The monoisotopic (exact) mass is 239 g/mol. The molecule has 2 rings (SSSR count). The highest BCUT2D eigenvalue weighted by molar-refractivity contribution is 5.79. The Labute approximate surface area is 99.2 Å². The van der Waals surface area contributed by atoms with Crippen LogP contribution >= 0.6 is 0 Å². The van der Waals surface area contributed by atoms with Crippen LogP contribution in [0.5, 0.6) is 0 Å². The molecule has 7 heteroatoms. The minimum absolute atomic E-state index is 0.402. The molecule has 0 aliphatic heterocycles. The van der Waals surface area contributed by atoms with E-state index in [1.807, 2.05) is 6.92 Å². The lowest BCUT2D eigenvalue weighted by molar-refractivity contribution is -0.148. The molecule has 0 amide bonds. The van der Waals surface area contributed by atoms with E-state index in [2.05, 4.69) is 20.8 Å². The number of aromatic nitrogens is 4. The quantitative estimate of drug-likeness (QED) is 0.735. The van der Waals surface area contributed by atoms with Gasteiger partial charge >= 0.3 is 5.97 Å². The number of tetrazole rings is 1. The van der Waals surface area contributed by atoms with Crippen molar-refractivity contribution in [1.82, 2.24) is 25.5 Å². The Hall–Kier alpha value is -1.50. The maximum Gasteiger partial charge on any atom is 0.323 e. The van der Waals surface area contributed by atoms with Crippen LogP contribution in [0.3, 0.4) is 0 Å². The van der Waals surface area contributed by atoms with Gasteiger partial charge in [0, 0.05) is 6.54 Å². The predicted octanol–water partition coefficient (Wildman–Crippen LogP) is 0.180. The Morgan fingerprint density at radius 1 is 1.59 bits per heavy atom. The Morgan fingerprint density at radius 2 is 2.35 bits per heavy atom. The van der Waals surface area contributed by atoms with Crippen LogP contribution in [0.1, 0.15) is 38.4 Å². The van der Waals surface area contributed by atoms with Gasteiger partial charge in [0.05, 0.1) is 6.54 Å². The summed E-state index contributed by atoms with van der Waals surface area (Å²) in [5, 5.41) is 23.6. The van der Waals surface area contributed by atoms with Gasteiger partial charge in [-0.3, -0.25) is 10.1 Å². The van der Waals surface area contributed by atoms with Crippen molar-refractivity contribution in [3.63, 3.8) is 0 Å². The van der Waals surface area contributed by atoms with Crippen molar-refractivity contribution < 1.29 is 9.90 Å². The van der Waals surface area contributed by atoms with Gasteiger partial charge < -0.3 is 5.11 Å². The van der Waals surface area contributed by atoms with Crippen LogP contribution in [0.25, 0.3) is 0 Å². The van der Waals surface area contributed by atoms with E-state index in [-0.39, 0.29) is 0 Å². The Kier molecular flexibility index (Phi) is 3.37. The molecule has 0 saturated heterocycles. The fourth-order valence-electron chi connectivity index (χ4n) is 1.98. The molecule has 94 valence electrons. The van der Waals surface area contributed by atoms with Crippen LogP contribution in [0.4, 0.5) is 0 Å². The standard InChI is InChI=1S/C10H17N5O2/c1-2-6-15-8(12-13-14-15)7-11-10(9(16)17)4-3-5-10/h11H,2-7H2,1H3,(H,16,17). The largest absolute Gasteiger partial charge is 0.480 e. The first-order valence-electron chi connectivity index (χ1n) is 5.91. The number of carbonyl (C=O) groups is 1. The maximum atomic E-state index is 11.2. The molecule has 0 radical (unpaired) electrons. The zero-order chi connectivity index (χ0) is 12.3. The second-order valence-corrected chi connectivity index (χ2v) is 4.41. The van der Waals surface area contributed by atoms with E-state index < -0.39 is 11.5 Å². The lowest BCUT2D eigenvalue weighted by atomic mass is 9.77. The summed E-state index contributed by atoms with van der Waals surface area (Å²) in [4.78, 5) is 11.2. The molecular formula is C10H17N5O2. The molecule has 2 N–H and O–H groups in total. The fraction of sp³-hybridized carbons (Fsp3) is 0.800. The van der Waals surface area contributed by atoms with Crippen molar-refractivity contribution in [3.05, 3.63) is 5.82 Å². The van der Waals surface area contributed by atoms with Gasteiger partial charge in [-0.15, -0.1) is 5.10 Å². The van der Waals surface area contributed by atoms with Crippen LogP contribution in [-0.4, -0.2) is 36.8 Å². The molecular weight excluding hydrogens is 222 g/mol. The zero-order valence-corrected chi connectivity index (χ0v) is 9.89. The average Bonchev–Trinajstić information content (AvgIpc) is 2.64. The van der Waals surface area contributed by atoms with Crippen molar-refractivity contribution in [2.24, 2.45) is 0 Å². The highest BCUT2D eigenvalue weighted by Gasteiger charge is 2.44. The van der Waals surface area contributed by atoms with Gasteiger partial charge in [0.2, 0.25) is 0 Å². The fourth-order valence-corrected chi connectivity index (χ4v) is 1.98. The third-order valence-corrected chi connectivity index (χ3v) is 3.24. The second-order valence-electron chi connectivity index (χ2n) is 4.41. The topological polar surface area (TPSA) is 92.9 Å². The SMILES string of the molecule is CCCn1nnnc1CNC1(C(=O)O)CCC1. The zero-order valence-electron chi connectivity index (χ0n) is 9.89. The van der Waals surface area contributed by atoms with E-state index in [1.54, 1.807) is 4.68 Å². The molecule has 0 unspecified atom stereocenters. The normalized spacial score (nSPS) is 17.7. The van der Waals surface area contributed by atoms with Gasteiger partial charge in [-0.25, -0.2) is 4.68 Å². The summed E-state index contributed by atoms with van der Waals surface area (Å²) >= 11 is 0. The number of rotatable bonds is 6. The first-order chi connectivity index (χ1) is 8.18. The number of hydrogen-bond donors (Lipinski definition) is 2. The average molecular weight is 239 g/mol. The molecule has 0 bridgehead atoms. The number of aliphatic carboxylic acids is 1. The van der Waals surface area contributed by atoms with Crippen molar-refractivity contribution in [3.8, 4) is 0 Å². The summed E-state index contributed by atoms with van der Waals surface area (Å²) in [6.45, 7) is 3.20. The third kappa shape index (κ3) is 2.28. The van der Waals surface area contributed by atoms with E-state index in [0.29, 0.717) is 25.2 Å². The van der Waals surface area contributed by atoms with Crippen molar-refractivity contribution in [1.29, 1.82) is 0 Å². The molecule has 1 aromatic rings. The molecule has 0 spiro atoms. The van der Waals surface area contributed by atoms with E-state index >= 15 is 0 Å². The van der Waals surface area contributed by atoms with Gasteiger partial charge in [0.25, 0.3) is 0 Å². The minimum atomic E-state index is -0.779. The Balaban J connectivity index is 1.97. The van der Waals surface area contributed by atoms with Crippen LogP contribution < -0.4 is 5.32 Å². The molecule has 0 atom stereocenters. The molecule has 1 aliphatic rings. The van der Waals surface area contributed by atoms with Gasteiger partial charge in [-0.1, -0.05) is 6.92 Å². The second kappa shape index (κ2) is 4.79. The van der Waals surface area contributed by atoms with Crippen LogP contribution in [-0.2, 0) is 17.9 Å². The van der Waals surface area contributed by atoms with Crippen molar-refractivity contribution >= 4 is 5.97 Å². The van der Waals surface area contributed by atoms with Crippen molar-refractivity contribution in [2.45, 2.75) is 51.2 Å². The molecule has 1 aromatic heterocycles. The molecule has 1 heterocycles. The lowest BCUT2D eigenvalue weighted by Gasteiger charge is -2.38. The van der Waals surface area contributed by atoms with Gasteiger partial charge in [0.15, 0.2) is 5.82 Å². The van der Waals surface area contributed by atoms with E-state index in [1.165, 1.54) is 0 Å². The van der Waals surface area contributed by atoms with Crippen LogP contribution in [0.15, 0.2) is 0 Å². The van der Waals surface area contributed by atoms with Crippen LogP contribution in [0.2, 0.25) is 0 Å². The minimum Gasteiger partial charge on any atom is -0.480 e. The molecule has 0 aromatic carbocycles. The van der Waals surface area contributed by atoms with E-state index in [0.717, 1.165) is 19.4 Å². The summed E-state index contributed by atoms with van der Waals surface area (Å²) in [7, 11) is 0. The summed E-state index contributed by atoms with van der Waals surface area (Å²) in [5.74, 6) is -0.0855.